The number of alkyl halides is 1. The molecule has 4 atom stereocenters. The first-order chi connectivity index (χ1) is 4.98. The normalized spacial score (nSPS) is 62.2. The Morgan fingerprint density at radius 3 is 2.64 bits per heavy atom. The van der Waals surface area contributed by atoms with Crippen LogP contribution in [0.1, 0.15) is 33.6 Å². The number of halogens is 1. The first-order valence-electron chi connectivity index (χ1n) is 4.37. The van der Waals surface area contributed by atoms with Crippen LogP contribution in [0.25, 0.3) is 0 Å². The van der Waals surface area contributed by atoms with Gasteiger partial charge in [-0.1, -0.05) is 13.8 Å². The van der Waals surface area contributed by atoms with Gasteiger partial charge in [-0.3, -0.25) is 0 Å². The molecule has 1 saturated heterocycles. The van der Waals surface area contributed by atoms with E-state index in [0.29, 0.717) is 0 Å². The average Bonchev–Trinajstić information content (AvgIpc) is 2.34. The molecule has 64 valence electrons. The molecule has 0 N–H and O–H groups in total. The fourth-order valence-corrected chi connectivity index (χ4v) is 4.12. The van der Waals surface area contributed by atoms with Crippen molar-refractivity contribution in [2.75, 3.05) is 0 Å². The summed E-state index contributed by atoms with van der Waals surface area (Å²) >= 11 is 2.49. The monoisotopic (exact) mass is 266 g/mol. The van der Waals surface area contributed by atoms with E-state index in [0.717, 1.165) is 11.8 Å². The third kappa shape index (κ3) is 0.981. The first kappa shape index (κ1) is 8.30. The van der Waals surface area contributed by atoms with Crippen LogP contribution in [0.3, 0.4) is 0 Å². The van der Waals surface area contributed by atoms with Gasteiger partial charge in [0.2, 0.25) is 0 Å². The van der Waals surface area contributed by atoms with Gasteiger partial charge >= 0.3 is 0 Å². The summed E-state index contributed by atoms with van der Waals surface area (Å²) in [5.41, 5.74) is 0.208. The summed E-state index contributed by atoms with van der Waals surface area (Å²) in [5, 5.41) is 0. The molecule has 2 heteroatoms. The van der Waals surface area contributed by atoms with Gasteiger partial charge in [0.05, 0.1) is 0 Å². The molecular weight excluding hydrogens is 251 g/mol. The molecule has 11 heavy (non-hydrogen) atoms. The van der Waals surface area contributed by atoms with Crippen LogP contribution < -0.4 is 0 Å². The molecule has 0 radical (unpaired) electrons. The van der Waals surface area contributed by atoms with E-state index in [9.17, 15) is 0 Å². The van der Waals surface area contributed by atoms with Gasteiger partial charge in [0.15, 0.2) is 0 Å². The second kappa shape index (κ2) is 2.13. The van der Waals surface area contributed by atoms with Crippen molar-refractivity contribution in [3.63, 3.8) is 0 Å². The molecule has 1 aliphatic carbocycles. The Hall–Kier alpha value is 0.690. The maximum atomic E-state index is 5.82. The number of epoxide rings is 1. The molecule has 0 amide bonds. The lowest BCUT2D eigenvalue weighted by molar-refractivity contribution is 0.227. The number of hydrogen-bond acceptors (Lipinski definition) is 1. The summed E-state index contributed by atoms with van der Waals surface area (Å²) in [4.78, 5) is 0. The molecular formula is C9H15IO. The Balaban J connectivity index is 2.19. The lowest BCUT2D eigenvalue weighted by Crippen LogP contribution is -2.33. The highest BCUT2D eigenvalue weighted by molar-refractivity contribution is 14.1. The highest BCUT2D eigenvalue weighted by Crippen LogP contribution is 2.64. The fraction of sp³-hybridized carbons (Fsp3) is 1.00. The van der Waals surface area contributed by atoms with Crippen molar-refractivity contribution in [3.05, 3.63) is 0 Å². The lowest BCUT2D eigenvalue weighted by atomic mass is 9.76. The SMILES string of the molecule is CC1CC(C)C2(C)OC2(I)C1. The molecule has 0 aromatic heterocycles. The van der Waals surface area contributed by atoms with Gasteiger partial charge in [0.25, 0.3) is 0 Å². The standard InChI is InChI=1S/C9H15IO/c1-6-4-7(2)8(3)9(10,5-6)11-8/h6-7H,4-5H2,1-3H3. The van der Waals surface area contributed by atoms with Crippen molar-refractivity contribution in [2.24, 2.45) is 11.8 Å². The Morgan fingerprint density at radius 2 is 2.09 bits per heavy atom. The molecule has 0 spiro atoms. The third-order valence-corrected chi connectivity index (χ3v) is 5.11. The van der Waals surface area contributed by atoms with Crippen molar-refractivity contribution >= 4 is 22.6 Å². The van der Waals surface area contributed by atoms with Gasteiger partial charge in [-0.25, -0.2) is 0 Å². The summed E-state index contributed by atoms with van der Waals surface area (Å²) in [6.07, 6.45) is 2.58. The van der Waals surface area contributed by atoms with Crippen LogP contribution in [0, 0.1) is 11.8 Å². The summed E-state index contributed by atoms with van der Waals surface area (Å²) < 4.78 is 6.02. The van der Waals surface area contributed by atoms with Crippen molar-refractivity contribution in [2.45, 2.75) is 42.8 Å². The van der Waals surface area contributed by atoms with Crippen LogP contribution in [0.4, 0.5) is 0 Å². The number of hydrogen-bond donors (Lipinski definition) is 0. The fourth-order valence-electron chi connectivity index (χ4n) is 2.38. The predicted octanol–water partition coefficient (Wildman–Crippen LogP) is 2.97. The maximum absolute atomic E-state index is 5.82. The molecule has 0 aromatic carbocycles. The smallest absolute Gasteiger partial charge is 0.149 e. The Morgan fingerprint density at radius 1 is 1.45 bits per heavy atom. The molecule has 2 rings (SSSR count). The van der Waals surface area contributed by atoms with Crippen LogP contribution in [-0.4, -0.2) is 9.21 Å². The van der Waals surface area contributed by atoms with Crippen LogP contribution in [0.5, 0.6) is 0 Å². The lowest BCUT2D eigenvalue weighted by Gasteiger charge is -2.28. The van der Waals surface area contributed by atoms with Gasteiger partial charge in [-0.2, -0.15) is 0 Å². The van der Waals surface area contributed by atoms with E-state index in [1.165, 1.54) is 12.8 Å². The number of rotatable bonds is 0. The average molecular weight is 266 g/mol. The summed E-state index contributed by atoms with van der Waals surface area (Å²) in [5.74, 6) is 1.58. The first-order valence-corrected chi connectivity index (χ1v) is 5.45. The highest BCUT2D eigenvalue weighted by Gasteiger charge is 2.69. The van der Waals surface area contributed by atoms with E-state index in [4.69, 9.17) is 4.74 Å². The minimum Gasteiger partial charge on any atom is -0.351 e. The van der Waals surface area contributed by atoms with Crippen LogP contribution in [-0.2, 0) is 4.74 Å². The zero-order valence-electron chi connectivity index (χ0n) is 7.36. The van der Waals surface area contributed by atoms with E-state index >= 15 is 0 Å². The Labute approximate surface area is 82.0 Å². The van der Waals surface area contributed by atoms with Crippen LogP contribution in [0.15, 0.2) is 0 Å². The van der Waals surface area contributed by atoms with Crippen molar-refractivity contribution in [3.8, 4) is 0 Å². The van der Waals surface area contributed by atoms with Gasteiger partial charge < -0.3 is 4.74 Å². The van der Waals surface area contributed by atoms with E-state index in [2.05, 4.69) is 43.4 Å². The largest absolute Gasteiger partial charge is 0.351 e. The zero-order chi connectivity index (χ0) is 8.28. The minimum absolute atomic E-state index is 0.196. The van der Waals surface area contributed by atoms with Gasteiger partial charge in [-0.15, -0.1) is 0 Å². The van der Waals surface area contributed by atoms with Crippen molar-refractivity contribution < 1.29 is 4.74 Å². The third-order valence-electron chi connectivity index (χ3n) is 3.38. The van der Waals surface area contributed by atoms with Crippen LogP contribution in [0.2, 0.25) is 0 Å². The molecule has 0 bridgehead atoms. The molecule has 2 fully saturated rings. The number of fused-ring (bicyclic) bond motifs is 1. The Bertz CT molecular complexity index is 194. The van der Waals surface area contributed by atoms with Crippen molar-refractivity contribution in [1.82, 2.24) is 0 Å². The van der Waals surface area contributed by atoms with Crippen molar-refractivity contribution in [1.29, 1.82) is 0 Å². The zero-order valence-corrected chi connectivity index (χ0v) is 9.51. The van der Waals surface area contributed by atoms with Gasteiger partial charge in [-0.05, 0) is 54.2 Å². The van der Waals surface area contributed by atoms with E-state index in [-0.39, 0.29) is 9.21 Å². The molecule has 1 saturated carbocycles. The Kier molecular flexibility index (Phi) is 1.61. The van der Waals surface area contributed by atoms with E-state index in [1.54, 1.807) is 0 Å². The molecule has 1 nitrogen and oxygen atoms in total. The molecule has 1 heterocycles. The molecule has 1 aliphatic heterocycles. The van der Waals surface area contributed by atoms with E-state index in [1.807, 2.05) is 0 Å². The second-order valence-corrected chi connectivity index (χ2v) is 6.13. The quantitative estimate of drug-likeness (QED) is 0.373. The topological polar surface area (TPSA) is 12.5 Å². The molecule has 2 aliphatic rings. The number of ether oxygens (including phenoxy) is 1. The highest BCUT2D eigenvalue weighted by atomic mass is 127. The summed E-state index contributed by atoms with van der Waals surface area (Å²) in [6, 6.07) is 0. The summed E-state index contributed by atoms with van der Waals surface area (Å²) in [6.45, 7) is 6.91. The minimum atomic E-state index is 0.196. The second-order valence-electron chi connectivity index (χ2n) is 4.38. The van der Waals surface area contributed by atoms with Crippen LogP contribution >= 0.6 is 22.6 Å². The molecule has 0 aromatic rings. The predicted molar refractivity (Wildman–Crippen MR) is 53.8 cm³/mol. The van der Waals surface area contributed by atoms with E-state index < -0.39 is 0 Å². The van der Waals surface area contributed by atoms with Gasteiger partial charge in [0, 0.05) is 0 Å². The maximum Gasteiger partial charge on any atom is 0.149 e. The van der Waals surface area contributed by atoms with Gasteiger partial charge in [0.1, 0.15) is 9.21 Å². The summed E-state index contributed by atoms with van der Waals surface area (Å²) in [7, 11) is 0. The molecule has 4 unspecified atom stereocenters.